The fourth-order valence-electron chi connectivity index (χ4n) is 1.72. The first kappa shape index (κ1) is 12.4. The zero-order chi connectivity index (χ0) is 13.1. The minimum absolute atomic E-state index is 0.431. The first-order valence-electron chi connectivity index (χ1n) is 5.87. The van der Waals surface area contributed by atoms with Crippen molar-refractivity contribution in [2.45, 2.75) is 19.9 Å². The molecule has 0 bridgehead atoms. The van der Waals surface area contributed by atoms with Crippen LogP contribution in [0.5, 0.6) is 0 Å². The summed E-state index contributed by atoms with van der Waals surface area (Å²) in [7, 11) is 1.92. The van der Waals surface area contributed by atoms with E-state index < -0.39 is 0 Å². The Balaban J connectivity index is 2.34. The lowest BCUT2D eigenvalue weighted by molar-refractivity contribution is 0.638. The molecule has 2 aromatic heterocycles. The Hall–Kier alpha value is -2.06. The van der Waals surface area contributed by atoms with Crippen molar-refractivity contribution in [3.63, 3.8) is 0 Å². The number of hydrogen-bond acceptors (Lipinski definition) is 4. The molecule has 0 saturated carbocycles. The smallest absolute Gasteiger partial charge is 0.146 e. The third-order valence-corrected chi connectivity index (χ3v) is 2.60. The van der Waals surface area contributed by atoms with Gasteiger partial charge in [-0.05, 0) is 13.8 Å². The highest BCUT2D eigenvalue weighted by Gasteiger charge is 2.09. The van der Waals surface area contributed by atoms with Gasteiger partial charge in [-0.15, -0.1) is 0 Å². The number of nitrogen functional groups attached to an aromatic ring is 1. The van der Waals surface area contributed by atoms with Gasteiger partial charge in [0, 0.05) is 19.3 Å². The van der Waals surface area contributed by atoms with E-state index in [1.54, 1.807) is 0 Å². The fourth-order valence-corrected chi connectivity index (χ4v) is 1.72. The number of rotatable bonds is 2. The summed E-state index contributed by atoms with van der Waals surface area (Å²) >= 11 is 0. The Bertz CT molecular complexity index is 615. The van der Waals surface area contributed by atoms with Crippen LogP contribution in [0.4, 0.5) is 5.82 Å². The molecule has 0 atom stereocenters. The molecule has 0 amide bonds. The van der Waals surface area contributed by atoms with Crippen molar-refractivity contribution < 1.29 is 0 Å². The monoisotopic (exact) mass is 243 g/mol. The van der Waals surface area contributed by atoms with Crippen LogP contribution >= 0.6 is 0 Å². The fraction of sp³-hybridized carbons (Fsp3) is 0.385. The lowest BCUT2D eigenvalue weighted by Crippen LogP contribution is -2.22. The van der Waals surface area contributed by atoms with E-state index in [1.807, 2.05) is 17.8 Å². The van der Waals surface area contributed by atoms with Gasteiger partial charge in [-0.2, -0.15) is 0 Å². The molecule has 5 heteroatoms. The van der Waals surface area contributed by atoms with E-state index in [0.29, 0.717) is 18.4 Å². The number of anilines is 1. The molecule has 2 heterocycles. The van der Waals surface area contributed by atoms with E-state index in [0.717, 1.165) is 16.6 Å². The molecule has 3 N–H and O–H groups in total. The zero-order valence-corrected chi connectivity index (χ0v) is 10.9. The van der Waals surface area contributed by atoms with Crippen LogP contribution in [0.2, 0.25) is 0 Å². The number of nitrogens with two attached hydrogens (primary N) is 1. The Morgan fingerprint density at radius 2 is 2.22 bits per heavy atom. The summed E-state index contributed by atoms with van der Waals surface area (Å²) in [5.74, 6) is 6.67. The third kappa shape index (κ3) is 2.44. The van der Waals surface area contributed by atoms with Crippen molar-refractivity contribution in [1.82, 2.24) is 19.9 Å². The lowest BCUT2D eigenvalue weighted by Gasteiger charge is -2.01. The molecule has 0 spiro atoms. The number of fused-ring (bicyclic) bond motifs is 1. The molecule has 0 saturated heterocycles. The molecule has 0 aliphatic heterocycles. The van der Waals surface area contributed by atoms with Crippen molar-refractivity contribution in [3.05, 3.63) is 18.1 Å². The summed E-state index contributed by atoms with van der Waals surface area (Å²) in [6, 6.07) is 0.431. The summed E-state index contributed by atoms with van der Waals surface area (Å²) in [6.45, 7) is 4.83. The highest BCUT2D eigenvalue weighted by molar-refractivity contribution is 5.92. The van der Waals surface area contributed by atoms with E-state index in [-0.39, 0.29) is 0 Å². The molecule has 0 radical (unpaired) electrons. The molecule has 0 aliphatic rings. The number of aryl methyl sites for hydroxylation is 1. The maximum Gasteiger partial charge on any atom is 0.146 e. The van der Waals surface area contributed by atoms with Crippen LogP contribution in [0.3, 0.4) is 0 Å². The first-order valence-corrected chi connectivity index (χ1v) is 5.87. The summed E-state index contributed by atoms with van der Waals surface area (Å²) in [5, 5.41) is 4.07. The van der Waals surface area contributed by atoms with Gasteiger partial charge in [0.2, 0.25) is 0 Å². The Morgan fingerprint density at radius 1 is 1.44 bits per heavy atom. The predicted molar refractivity (Wildman–Crippen MR) is 72.9 cm³/mol. The van der Waals surface area contributed by atoms with Gasteiger partial charge in [0.1, 0.15) is 17.8 Å². The molecule has 2 rings (SSSR count). The maximum absolute atomic E-state index is 5.87. The lowest BCUT2D eigenvalue weighted by atomic mass is 10.2. The van der Waals surface area contributed by atoms with Crippen LogP contribution in [-0.4, -0.2) is 27.1 Å². The van der Waals surface area contributed by atoms with Crippen molar-refractivity contribution in [2.75, 3.05) is 12.3 Å². The van der Waals surface area contributed by atoms with Crippen molar-refractivity contribution in [2.24, 2.45) is 7.05 Å². The average molecular weight is 243 g/mol. The molecule has 2 aromatic rings. The summed E-state index contributed by atoms with van der Waals surface area (Å²) in [5.41, 5.74) is 7.56. The second-order valence-electron chi connectivity index (χ2n) is 4.45. The van der Waals surface area contributed by atoms with Gasteiger partial charge in [0.15, 0.2) is 0 Å². The molecule has 5 nitrogen and oxygen atoms in total. The maximum atomic E-state index is 5.87. The van der Waals surface area contributed by atoms with Crippen LogP contribution in [0, 0.1) is 11.8 Å². The number of nitrogens with one attached hydrogen (secondary N) is 1. The van der Waals surface area contributed by atoms with E-state index in [4.69, 9.17) is 5.73 Å². The van der Waals surface area contributed by atoms with Gasteiger partial charge in [-0.1, -0.05) is 11.8 Å². The van der Waals surface area contributed by atoms with Crippen molar-refractivity contribution >= 4 is 16.9 Å². The zero-order valence-electron chi connectivity index (χ0n) is 10.9. The average Bonchev–Trinajstić information content (AvgIpc) is 2.63. The summed E-state index contributed by atoms with van der Waals surface area (Å²) in [6.07, 6.45) is 3.40. The van der Waals surface area contributed by atoms with E-state index in [9.17, 15) is 0 Å². The van der Waals surface area contributed by atoms with E-state index in [2.05, 4.69) is 41.0 Å². The van der Waals surface area contributed by atoms with Gasteiger partial charge in [0.05, 0.1) is 17.5 Å². The normalized spacial score (nSPS) is 10.7. The van der Waals surface area contributed by atoms with E-state index >= 15 is 0 Å². The summed E-state index contributed by atoms with van der Waals surface area (Å²) < 4.78 is 1.91. The van der Waals surface area contributed by atoms with Crippen LogP contribution in [-0.2, 0) is 7.05 Å². The van der Waals surface area contributed by atoms with Crippen LogP contribution in [0.1, 0.15) is 19.4 Å². The van der Waals surface area contributed by atoms with Crippen LogP contribution in [0.15, 0.2) is 12.5 Å². The van der Waals surface area contributed by atoms with Gasteiger partial charge in [-0.25, -0.2) is 9.97 Å². The second-order valence-corrected chi connectivity index (χ2v) is 4.45. The molecular weight excluding hydrogens is 226 g/mol. The van der Waals surface area contributed by atoms with Gasteiger partial charge in [-0.3, -0.25) is 0 Å². The Morgan fingerprint density at radius 3 is 2.94 bits per heavy atom. The molecular formula is C13H17N5. The minimum Gasteiger partial charge on any atom is -0.383 e. The number of hydrogen-bond donors (Lipinski definition) is 2. The Kier molecular flexibility index (Phi) is 3.49. The number of aromatic nitrogens is 3. The highest BCUT2D eigenvalue weighted by Crippen LogP contribution is 2.21. The molecule has 0 aliphatic carbocycles. The van der Waals surface area contributed by atoms with Crippen molar-refractivity contribution in [1.29, 1.82) is 0 Å². The molecule has 0 fully saturated rings. The van der Waals surface area contributed by atoms with Gasteiger partial charge >= 0.3 is 0 Å². The predicted octanol–water partition coefficient (Wildman–Crippen LogP) is 0.900. The minimum atomic E-state index is 0.431. The molecule has 94 valence electrons. The topological polar surface area (TPSA) is 68.8 Å². The highest BCUT2D eigenvalue weighted by atomic mass is 15.0. The quantitative estimate of drug-likeness (QED) is 0.769. The molecule has 0 aromatic carbocycles. The molecule has 18 heavy (non-hydrogen) atoms. The first-order chi connectivity index (χ1) is 8.59. The van der Waals surface area contributed by atoms with Gasteiger partial charge < -0.3 is 15.6 Å². The van der Waals surface area contributed by atoms with Crippen LogP contribution < -0.4 is 11.1 Å². The standard InChI is InChI=1S/C13H17N5/c1-9(2)15-6-4-5-10-7-18(3)13-11(10)12(14)16-8-17-13/h7-9,15H,6H2,1-3H3,(H2,14,16,17). The third-order valence-electron chi connectivity index (χ3n) is 2.60. The van der Waals surface area contributed by atoms with E-state index in [1.165, 1.54) is 6.33 Å². The van der Waals surface area contributed by atoms with Crippen LogP contribution in [0.25, 0.3) is 11.0 Å². The largest absolute Gasteiger partial charge is 0.383 e. The van der Waals surface area contributed by atoms with Crippen molar-refractivity contribution in [3.8, 4) is 11.8 Å². The SMILES string of the molecule is CC(C)NCC#Cc1cn(C)c2ncnc(N)c12. The summed E-state index contributed by atoms with van der Waals surface area (Å²) in [4.78, 5) is 8.21. The second kappa shape index (κ2) is 5.07. The number of nitrogens with zero attached hydrogens (tertiary/aromatic N) is 3. The Labute approximate surface area is 106 Å². The van der Waals surface area contributed by atoms with Gasteiger partial charge in [0.25, 0.3) is 0 Å². The molecule has 0 unspecified atom stereocenters.